The van der Waals surface area contributed by atoms with Crippen LogP contribution in [-0.4, -0.2) is 42.1 Å². The van der Waals surface area contributed by atoms with Crippen molar-refractivity contribution < 1.29 is 14.3 Å². The first kappa shape index (κ1) is 23.8. The molecule has 1 aliphatic heterocycles. The van der Waals surface area contributed by atoms with E-state index in [1.54, 1.807) is 21.9 Å². The lowest BCUT2D eigenvalue weighted by Crippen LogP contribution is -2.41. The summed E-state index contributed by atoms with van der Waals surface area (Å²) in [5, 5.41) is 0.934. The molecule has 162 valence electrons. The Labute approximate surface area is 184 Å². The summed E-state index contributed by atoms with van der Waals surface area (Å²) in [6.07, 6.45) is 4.02. The minimum Gasteiger partial charge on any atom is -0.444 e. The van der Waals surface area contributed by atoms with Crippen molar-refractivity contribution in [1.82, 2.24) is 4.90 Å². The highest BCUT2D eigenvalue weighted by Gasteiger charge is 2.27. The summed E-state index contributed by atoms with van der Waals surface area (Å²) in [4.78, 5) is 28.3. The third kappa shape index (κ3) is 7.38. The molecule has 1 aliphatic rings. The third-order valence-electron chi connectivity index (χ3n) is 5.10. The Hall–Kier alpha value is -1.46. The number of ether oxygens (including phenoxy) is 1. The number of halogens is 2. The molecule has 29 heavy (non-hydrogen) atoms. The fourth-order valence-corrected chi connectivity index (χ4v) is 3.86. The molecule has 1 aromatic rings. The summed E-state index contributed by atoms with van der Waals surface area (Å²) < 4.78 is 5.44. The molecule has 0 aromatic heterocycles. The molecule has 7 heteroatoms. The molecule has 0 unspecified atom stereocenters. The summed E-state index contributed by atoms with van der Waals surface area (Å²) in [6.45, 7) is 9.62. The molecule has 1 fully saturated rings. The van der Waals surface area contributed by atoms with Crippen LogP contribution in [0.5, 0.6) is 0 Å². The monoisotopic (exact) mass is 442 g/mol. The Kier molecular flexibility index (Phi) is 8.65. The number of carbonyl (C=O) groups excluding carboxylic acids is 2. The van der Waals surface area contributed by atoms with Crippen LogP contribution in [0.25, 0.3) is 0 Å². The summed E-state index contributed by atoms with van der Waals surface area (Å²) in [6, 6.07) is 5.27. The lowest BCUT2D eigenvalue weighted by Gasteiger charge is -2.33. The van der Waals surface area contributed by atoms with E-state index < -0.39 is 5.60 Å². The number of hydrogen-bond donors (Lipinski definition) is 0. The second-order valence-electron chi connectivity index (χ2n) is 8.54. The van der Waals surface area contributed by atoms with Crippen LogP contribution in [0.15, 0.2) is 18.2 Å². The Morgan fingerprint density at radius 2 is 1.83 bits per heavy atom. The van der Waals surface area contributed by atoms with Crippen molar-refractivity contribution in [3.8, 4) is 0 Å². The van der Waals surface area contributed by atoms with Gasteiger partial charge in [0.05, 0.1) is 10.0 Å². The van der Waals surface area contributed by atoms with Gasteiger partial charge in [-0.3, -0.25) is 4.79 Å². The van der Waals surface area contributed by atoms with Gasteiger partial charge in [0, 0.05) is 31.7 Å². The van der Waals surface area contributed by atoms with E-state index in [9.17, 15) is 9.59 Å². The number of carbonyl (C=O) groups is 2. The van der Waals surface area contributed by atoms with E-state index in [0.717, 1.165) is 44.5 Å². The van der Waals surface area contributed by atoms with E-state index in [1.807, 2.05) is 33.8 Å². The van der Waals surface area contributed by atoms with Crippen LogP contribution in [0, 0.1) is 5.92 Å². The van der Waals surface area contributed by atoms with Crippen LogP contribution < -0.4 is 4.90 Å². The smallest absolute Gasteiger partial charge is 0.410 e. The van der Waals surface area contributed by atoms with Gasteiger partial charge in [0.1, 0.15) is 5.60 Å². The Morgan fingerprint density at radius 1 is 1.17 bits per heavy atom. The van der Waals surface area contributed by atoms with Crippen LogP contribution in [-0.2, 0) is 9.53 Å². The molecule has 0 aliphatic carbocycles. The molecule has 0 bridgehead atoms. The lowest BCUT2D eigenvalue weighted by atomic mass is 9.91. The van der Waals surface area contributed by atoms with Gasteiger partial charge < -0.3 is 14.5 Å². The van der Waals surface area contributed by atoms with Crippen molar-refractivity contribution in [1.29, 1.82) is 0 Å². The van der Waals surface area contributed by atoms with Gasteiger partial charge in [0.25, 0.3) is 0 Å². The quantitative estimate of drug-likeness (QED) is 0.529. The Morgan fingerprint density at radius 3 is 2.38 bits per heavy atom. The van der Waals surface area contributed by atoms with E-state index >= 15 is 0 Å². The summed E-state index contributed by atoms with van der Waals surface area (Å²) in [5.41, 5.74) is 0.311. The number of hydrogen-bond acceptors (Lipinski definition) is 3. The highest BCUT2D eigenvalue weighted by atomic mass is 35.5. The summed E-state index contributed by atoms with van der Waals surface area (Å²) >= 11 is 12.1. The van der Waals surface area contributed by atoms with E-state index in [4.69, 9.17) is 27.9 Å². The molecular formula is C22H32Cl2N2O3. The maximum atomic E-state index is 12.7. The van der Waals surface area contributed by atoms with E-state index in [2.05, 4.69) is 0 Å². The largest absolute Gasteiger partial charge is 0.444 e. The van der Waals surface area contributed by atoms with Gasteiger partial charge in [-0.1, -0.05) is 23.2 Å². The fraction of sp³-hybridized carbons (Fsp3) is 0.636. The van der Waals surface area contributed by atoms with Crippen molar-refractivity contribution in [3.63, 3.8) is 0 Å². The van der Waals surface area contributed by atoms with Gasteiger partial charge in [0.15, 0.2) is 0 Å². The van der Waals surface area contributed by atoms with E-state index in [1.165, 1.54) is 0 Å². The zero-order chi connectivity index (χ0) is 21.6. The maximum absolute atomic E-state index is 12.7. The van der Waals surface area contributed by atoms with Crippen molar-refractivity contribution in [2.45, 2.75) is 65.4 Å². The molecular weight excluding hydrogens is 411 g/mol. The van der Waals surface area contributed by atoms with Crippen LogP contribution in [0.2, 0.25) is 10.0 Å². The molecule has 0 radical (unpaired) electrons. The number of amides is 2. The molecule has 2 rings (SSSR count). The highest BCUT2D eigenvalue weighted by molar-refractivity contribution is 6.42. The zero-order valence-electron chi connectivity index (χ0n) is 17.8. The molecule has 0 atom stereocenters. The van der Waals surface area contributed by atoms with Crippen molar-refractivity contribution in [3.05, 3.63) is 28.2 Å². The Bertz CT molecular complexity index is 710. The maximum Gasteiger partial charge on any atom is 0.410 e. The number of piperidine rings is 1. The van der Waals surface area contributed by atoms with Crippen molar-refractivity contribution in [2.75, 3.05) is 24.5 Å². The van der Waals surface area contributed by atoms with E-state index in [-0.39, 0.29) is 12.0 Å². The van der Waals surface area contributed by atoms with Crippen LogP contribution in [0.1, 0.15) is 59.8 Å². The first-order valence-electron chi connectivity index (χ1n) is 10.3. The number of nitrogens with zero attached hydrogens (tertiary/aromatic N) is 2. The second kappa shape index (κ2) is 10.5. The predicted octanol–water partition coefficient (Wildman–Crippen LogP) is 6.16. The highest BCUT2D eigenvalue weighted by Crippen LogP contribution is 2.28. The molecule has 0 saturated carbocycles. The molecule has 1 heterocycles. The lowest BCUT2D eigenvalue weighted by molar-refractivity contribution is -0.118. The number of anilines is 1. The van der Waals surface area contributed by atoms with Gasteiger partial charge in [-0.15, -0.1) is 0 Å². The first-order chi connectivity index (χ1) is 13.6. The number of likely N-dealkylation sites (tertiary alicyclic amines) is 1. The van der Waals surface area contributed by atoms with Gasteiger partial charge in [0.2, 0.25) is 5.91 Å². The first-order valence-corrected chi connectivity index (χ1v) is 11.1. The molecule has 0 N–H and O–H groups in total. The second-order valence-corrected chi connectivity index (χ2v) is 9.35. The normalized spacial score (nSPS) is 15.3. The number of benzene rings is 1. The summed E-state index contributed by atoms with van der Waals surface area (Å²) in [5.74, 6) is 0.638. The average molecular weight is 443 g/mol. The standard InChI is InChI=1S/C22H32Cl2N2O3/c1-5-26(17-9-10-18(23)19(24)15-17)20(27)8-6-7-16-11-13-25(14-12-16)21(28)29-22(2,3)4/h9-10,15-16H,5-8,11-14H2,1-4H3. The van der Waals surface area contributed by atoms with Gasteiger partial charge in [-0.2, -0.15) is 0 Å². The molecule has 1 aromatic carbocycles. The summed E-state index contributed by atoms with van der Waals surface area (Å²) in [7, 11) is 0. The zero-order valence-corrected chi connectivity index (χ0v) is 19.4. The molecule has 0 spiro atoms. The van der Waals surface area contributed by atoms with Gasteiger partial charge in [-0.25, -0.2) is 4.79 Å². The molecule has 1 saturated heterocycles. The molecule has 2 amide bonds. The fourth-order valence-electron chi connectivity index (χ4n) is 3.56. The minimum atomic E-state index is -0.465. The van der Waals surface area contributed by atoms with Gasteiger partial charge in [-0.05, 0) is 77.5 Å². The van der Waals surface area contributed by atoms with Gasteiger partial charge >= 0.3 is 6.09 Å². The SMILES string of the molecule is CCN(C(=O)CCCC1CCN(C(=O)OC(C)(C)C)CC1)c1ccc(Cl)c(Cl)c1. The average Bonchev–Trinajstić information content (AvgIpc) is 2.64. The topological polar surface area (TPSA) is 49.9 Å². The molecule has 5 nitrogen and oxygen atoms in total. The minimum absolute atomic E-state index is 0.0945. The van der Waals surface area contributed by atoms with Crippen molar-refractivity contribution in [2.24, 2.45) is 5.92 Å². The Balaban J connectivity index is 1.76. The van der Waals surface area contributed by atoms with Crippen LogP contribution >= 0.6 is 23.2 Å². The van der Waals surface area contributed by atoms with Crippen LogP contribution in [0.4, 0.5) is 10.5 Å². The van der Waals surface area contributed by atoms with E-state index in [0.29, 0.717) is 28.9 Å². The predicted molar refractivity (Wildman–Crippen MR) is 119 cm³/mol. The van der Waals surface area contributed by atoms with Crippen molar-refractivity contribution >= 4 is 40.9 Å². The van der Waals surface area contributed by atoms with Crippen LogP contribution in [0.3, 0.4) is 0 Å². The third-order valence-corrected chi connectivity index (χ3v) is 5.84. The number of rotatable bonds is 6.